The Morgan fingerprint density at radius 3 is 2.46 bits per heavy atom. The van der Waals surface area contributed by atoms with Crippen molar-refractivity contribution in [2.24, 2.45) is 5.16 Å². The van der Waals surface area contributed by atoms with Crippen LogP contribution in [-0.4, -0.2) is 42.9 Å². The van der Waals surface area contributed by atoms with Crippen molar-refractivity contribution < 1.29 is 24.2 Å². The van der Waals surface area contributed by atoms with Gasteiger partial charge < -0.3 is 19.4 Å². The third kappa shape index (κ3) is 1.96. The maximum Gasteiger partial charge on any atom is 0.359 e. The lowest BCUT2D eigenvalue weighted by atomic mass is 10.2. The number of hydrogen-bond acceptors (Lipinski definition) is 5. The van der Waals surface area contributed by atoms with Gasteiger partial charge in [0, 0.05) is 0 Å². The predicted molar refractivity (Wildman–Crippen MR) is 42.4 cm³/mol. The van der Waals surface area contributed by atoms with Crippen molar-refractivity contribution >= 4 is 11.7 Å². The largest absolute Gasteiger partial charge is 0.477 e. The SMILES string of the molecule is CON=C(C(=O)O)C1(C)OCCO1. The summed E-state index contributed by atoms with van der Waals surface area (Å²) in [5.74, 6) is -2.51. The van der Waals surface area contributed by atoms with E-state index in [-0.39, 0.29) is 5.71 Å². The molecule has 0 aliphatic carbocycles. The summed E-state index contributed by atoms with van der Waals surface area (Å²) in [5.41, 5.74) is -0.285. The van der Waals surface area contributed by atoms with Gasteiger partial charge in [0.05, 0.1) is 13.2 Å². The van der Waals surface area contributed by atoms with Crippen LogP contribution in [0.15, 0.2) is 5.16 Å². The van der Waals surface area contributed by atoms with Gasteiger partial charge in [-0.3, -0.25) is 0 Å². The van der Waals surface area contributed by atoms with Gasteiger partial charge in [-0.2, -0.15) is 0 Å². The minimum atomic E-state index is -1.29. The van der Waals surface area contributed by atoms with Gasteiger partial charge in [0.2, 0.25) is 11.5 Å². The first-order chi connectivity index (χ1) is 6.10. The Kier molecular flexibility index (Phi) is 2.84. The van der Waals surface area contributed by atoms with Crippen LogP contribution < -0.4 is 0 Å². The second kappa shape index (κ2) is 3.71. The molecule has 0 bridgehead atoms. The van der Waals surface area contributed by atoms with E-state index in [4.69, 9.17) is 14.6 Å². The fraction of sp³-hybridized carbons (Fsp3) is 0.714. The molecule has 1 aliphatic rings. The zero-order chi connectivity index (χ0) is 9.90. The lowest BCUT2D eigenvalue weighted by molar-refractivity contribution is -0.135. The van der Waals surface area contributed by atoms with E-state index in [0.29, 0.717) is 13.2 Å². The van der Waals surface area contributed by atoms with Crippen molar-refractivity contribution in [1.82, 2.24) is 0 Å². The molecule has 6 heteroatoms. The minimum Gasteiger partial charge on any atom is -0.477 e. The number of carboxylic acid groups (broad SMARTS) is 1. The van der Waals surface area contributed by atoms with E-state index in [1.165, 1.54) is 14.0 Å². The van der Waals surface area contributed by atoms with Crippen molar-refractivity contribution in [3.8, 4) is 0 Å². The summed E-state index contributed by atoms with van der Waals surface area (Å²) in [6.07, 6.45) is 0. The third-order valence-corrected chi connectivity index (χ3v) is 1.65. The smallest absolute Gasteiger partial charge is 0.359 e. The first-order valence-electron chi connectivity index (χ1n) is 3.73. The van der Waals surface area contributed by atoms with Gasteiger partial charge in [-0.1, -0.05) is 5.16 Å². The Balaban J connectivity index is 2.86. The Hall–Kier alpha value is -1.14. The summed E-state index contributed by atoms with van der Waals surface area (Å²) in [6.45, 7) is 2.20. The fourth-order valence-corrected chi connectivity index (χ4v) is 1.06. The second-order valence-electron chi connectivity index (χ2n) is 2.57. The molecule has 0 aromatic heterocycles. The summed E-state index contributed by atoms with van der Waals surface area (Å²) >= 11 is 0. The summed E-state index contributed by atoms with van der Waals surface area (Å²) in [7, 11) is 1.27. The third-order valence-electron chi connectivity index (χ3n) is 1.65. The Morgan fingerprint density at radius 1 is 1.54 bits per heavy atom. The van der Waals surface area contributed by atoms with Gasteiger partial charge >= 0.3 is 5.97 Å². The van der Waals surface area contributed by atoms with E-state index in [2.05, 4.69) is 9.99 Å². The molecule has 74 valence electrons. The summed E-state index contributed by atoms with van der Waals surface area (Å²) in [4.78, 5) is 15.1. The van der Waals surface area contributed by atoms with Crippen molar-refractivity contribution in [3.63, 3.8) is 0 Å². The van der Waals surface area contributed by atoms with E-state index in [0.717, 1.165) is 0 Å². The molecule has 1 saturated heterocycles. The molecule has 0 radical (unpaired) electrons. The number of aliphatic carboxylic acids is 1. The van der Waals surface area contributed by atoms with Crippen molar-refractivity contribution in [2.75, 3.05) is 20.3 Å². The number of ether oxygens (including phenoxy) is 2. The number of hydrogen-bond donors (Lipinski definition) is 1. The molecule has 1 aliphatic heterocycles. The quantitative estimate of drug-likeness (QED) is 0.493. The van der Waals surface area contributed by atoms with Crippen LogP contribution in [-0.2, 0) is 19.1 Å². The van der Waals surface area contributed by atoms with Crippen LogP contribution >= 0.6 is 0 Å². The molecule has 0 amide bonds. The topological polar surface area (TPSA) is 77.4 Å². The monoisotopic (exact) mass is 189 g/mol. The van der Waals surface area contributed by atoms with Crippen LogP contribution in [0, 0.1) is 0 Å². The maximum absolute atomic E-state index is 10.7. The molecule has 0 atom stereocenters. The molecular formula is C7H11NO5. The predicted octanol–water partition coefficient (Wildman–Crippen LogP) is -0.164. The molecule has 6 nitrogen and oxygen atoms in total. The molecule has 13 heavy (non-hydrogen) atoms. The lowest BCUT2D eigenvalue weighted by Crippen LogP contribution is -2.41. The van der Waals surface area contributed by atoms with Gasteiger partial charge in [-0.05, 0) is 6.92 Å². The van der Waals surface area contributed by atoms with E-state index in [1.807, 2.05) is 0 Å². The Morgan fingerprint density at radius 2 is 2.08 bits per heavy atom. The average Bonchev–Trinajstić information content (AvgIpc) is 2.48. The van der Waals surface area contributed by atoms with Crippen LogP contribution in [0.5, 0.6) is 0 Å². The summed E-state index contributed by atoms with van der Waals surface area (Å²) < 4.78 is 10.2. The van der Waals surface area contributed by atoms with E-state index in [9.17, 15) is 4.79 Å². The lowest BCUT2D eigenvalue weighted by Gasteiger charge is -2.20. The molecule has 0 saturated carbocycles. The van der Waals surface area contributed by atoms with Gasteiger partial charge in [-0.15, -0.1) is 0 Å². The van der Waals surface area contributed by atoms with Crippen LogP contribution in [0.2, 0.25) is 0 Å². The molecule has 0 unspecified atom stereocenters. The number of nitrogens with zero attached hydrogens (tertiary/aromatic N) is 1. The highest BCUT2D eigenvalue weighted by atomic mass is 16.7. The zero-order valence-electron chi connectivity index (χ0n) is 7.44. The van der Waals surface area contributed by atoms with Gasteiger partial charge in [0.25, 0.3) is 0 Å². The Labute approximate surface area is 75.1 Å². The summed E-state index contributed by atoms with van der Waals surface area (Å²) in [6, 6.07) is 0. The molecule has 1 heterocycles. The highest BCUT2D eigenvalue weighted by Gasteiger charge is 2.42. The first-order valence-corrected chi connectivity index (χ1v) is 3.73. The van der Waals surface area contributed by atoms with Crippen LogP contribution in [0.3, 0.4) is 0 Å². The van der Waals surface area contributed by atoms with Gasteiger partial charge in [0.15, 0.2) is 0 Å². The van der Waals surface area contributed by atoms with Crippen LogP contribution in [0.4, 0.5) is 0 Å². The molecule has 1 rings (SSSR count). The van der Waals surface area contributed by atoms with Crippen molar-refractivity contribution in [3.05, 3.63) is 0 Å². The molecular weight excluding hydrogens is 178 g/mol. The number of carbonyl (C=O) groups is 1. The average molecular weight is 189 g/mol. The van der Waals surface area contributed by atoms with Crippen LogP contribution in [0.1, 0.15) is 6.92 Å². The van der Waals surface area contributed by atoms with Gasteiger partial charge in [-0.25, -0.2) is 4.79 Å². The number of oxime groups is 1. The Bertz CT molecular complexity index is 231. The maximum atomic E-state index is 10.7. The van der Waals surface area contributed by atoms with Crippen molar-refractivity contribution in [2.45, 2.75) is 12.7 Å². The van der Waals surface area contributed by atoms with E-state index < -0.39 is 11.8 Å². The molecule has 0 aromatic rings. The van der Waals surface area contributed by atoms with Crippen molar-refractivity contribution in [1.29, 1.82) is 0 Å². The molecule has 0 aromatic carbocycles. The second-order valence-corrected chi connectivity index (χ2v) is 2.57. The molecule has 0 spiro atoms. The molecule has 1 N–H and O–H groups in total. The highest BCUT2D eigenvalue weighted by molar-refractivity contribution is 6.38. The molecule has 1 fully saturated rings. The minimum absolute atomic E-state index is 0.285. The van der Waals surface area contributed by atoms with Crippen LogP contribution in [0.25, 0.3) is 0 Å². The normalized spacial score (nSPS) is 21.5. The number of rotatable bonds is 3. The van der Waals surface area contributed by atoms with Gasteiger partial charge in [0.1, 0.15) is 7.11 Å². The number of carboxylic acids is 1. The zero-order valence-corrected chi connectivity index (χ0v) is 7.44. The standard InChI is InChI=1S/C7H11NO5/c1-7(12-3-4-13-7)5(6(9)10)8-11-2/h3-4H2,1-2H3,(H,9,10). The highest BCUT2D eigenvalue weighted by Crippen LogP contribution is 2.20. The van der Waals surface area contributed by atoms with E-state index in [1.54, 1.807) is 0 Å². The summed E-state index contributed by atoms with van der Waals surface area (Å²) in [5, 5.41) is 12.1. The van der Waals surface area contributed by atoms with E-state index >= 15 is 0 Å². The fourth-order valence-electron chi connectivity index (χ4n) is 1.06. The first kappa shape index (κ1) is 9.94.